The number of nitrogens with one attached hydrogen (secondary N) is 2. The Kier molecular flexibility index (Phi) is 5.68. The molecule has 1 aliphatic heterocycles. The van der Waals surface area contributed by atoms with Crippen LogP contribution in [0.25, 0.3) is 0 Å². The van der Waals surface area contributed by atoms with Crippen LogP contribution in [-0.2, 0) is 7.05 Å². The van der Waals surface area contributed by atoms with E-state index in [1.165, 1.54) is 0 Å². The molecular weight excluding hydrogens is 340 g/mol. The molecule has 1 saturated heterocycles. The highest BCUT2D eigenvalue weighted by Crippen LogP contribution is 2.23. The van der Waals surface area contributed by atoms with Crippen molar-refractivity contribution < 1.29 is 0 Å². The van der Waals surface area contributed by atoms with Gasteiger partial charge in [0.15, 0.2) is 5.82 Å². The number of rotatable bonds is 7. The predicted octanol–water partition coefficient (Wildman–Crippen LogP) is 2.25. The van der Waals surface area contributed by atoms with Gasteiger partial charge >= 0.3 is 0 Å². The lowest BCUT2D eigenvalue weighted by Crippen LogP contribution is -2.24. The number of hydrogen-bond acceptors (Lipinski definition) is 7. The SMILES string of the molecule is Cn1cc(Nc2ncc(Cl)c(NC[C@H]3CCN(CCC#N)C3)n2)cn1. The van der Waals surface area contributed by atoms with Crippen molar-refractivity contribution in [3.8, 4) is 6.07 Å². The van der Waals surface area contributed by atoms with E-state index in [-0.39, 0.29) is 0 Å². The maximum absolute atomic E-state index is 8.68. The maximum Gasteiger partial charge on any atom is 0.229 e. The highest BCUT2D eigenvalue weighted by molar-refractivity contribution is 6.32. The Morgan fingerprint density at radius 3 is 3.08 bits per heavy atom. The molecular formula is C16H21ClN8. The molecule has 1 fully saturated rings. The van der Waals surface area contributed by atoms with Gasteiger partial charge in [-0.05, 0) is 18.9 Å². The Balaban J connectivity index is 1.55. The minimum absolute atomic E-state index is 0.474. The molecule has 2 aromatic rings. The van der Waals surface area contributed by atoms with Gasteiger partial charge in [0.05, 0.1) is 24.2 Å². The number of aromatic nitrogens is 4. The van der Waals surface area contributed by atoms with Crippen molar-refractivity contribution in [2.75, 3.05) is 36.8 Å². The minimum atomic E-state index is 0.474. The second-order valence-corrected chi connectivity index (χ2v) is 6.57. The summed E-state index contributed by atoms with van der Waals surface area (Å²) in [5.41, 5.74) is 0.819. The van der Waals surface area contributed by atoms with Gasteiger partial charge in [0, 0.05) is 39.3 Å². The molecule has 3 rings (SSSR count). The smallest absolute Gasteiger partial charge is 0.229 e. The van der Waals surface area contributed by atoms with Crippen LogP contribution in [0.2, 0.25) is 5.02 Å². The zero-order chi connectivity index (χ0) is 17.6. The molecule has 1 atom stereocenters. The first-order valence-corrected chi connectivity index (χ1v) is 8.63. The van der Waals surface area contributed by atoms with Gasteiger partial charge in [0.25, 0.3) is 0 Å². The molecule has 2 N–H and O–H groups in total. The van der Waals surface area contributed by atoms with E-state index in [0.717, 1.165) is 38.3 Å². The molecule has 0 spiro atoms. The lowest BCUT2D eigenvalue weighted by molar-refractivity contribution is 0.334. The molecule has 0 aliphatic carbocycles. The average molecular weight is 361 g/mol. The molecule has 132 valence electrons. The van der Waals surface area contributed by atoms with E-state index < -0.39 is 0 Å². The molecule has 8 nitrogen and oxygen atoms in total. The first-order valence-electron chi connectivity index (χ1n) is 8.25. The van der Waals surface area contributed by atoms with E-state index in [4.69, 9.17) is 16.9 Å². The predicted molar refractivity (Wildman–Crippen MR) is 96.8 cm³/mol. The molecule has 0 unspecified atom stereocenters. The van der Waals surface area contributed by atoms with E-state index in [9.17, 15) is 0 Å². The zero-order valence-electron chi connectivity index (χ0n) is 14.1. The Morgan fingerprint density at radius 2 is 2.32 bits per heavy atom. The Bertz CT molecular complexity index is 753. The van der Waals surface area contributed by atoms with Crippen molar-refractivity contribution in [1.82, 2.24) is 24.6 Å². The molecule has 2 aromatic heterocycles. The van der Waals surface area contributed by atoms with Crippen LogP contribution >= 0.6 is 11.6 Å². The summed E-state index contributed by atoms with van der Waals surface area (Å²) in [6.45, 7) is 3.68. The summed E-state index contributed by atoms with van der Waals surface area (Å²) in [6, 6.07) is 2.20. The largest absolute Gasteiger partial charge is 0.368 e. The molecule has 1 aliphatic rings. The van der Waals surface area contributed by atoms with Crippen LogP contribution in [0.15, 0.2) is 18.6 Å². The van der Waals surface area contributed by atoms with E-state index in [0.29, 0.717) is 29.1 Å². The van der Waals surface area contributed by atoms with Gasteiger partial charge in [0.2, 0.25) is 5.95 Å². The quantitative estimate of drug-likeness (QED) is 0.781. The second kappa shape index (κ2) is 8.14. The first-order chi connectivity index (χ1) is 12.1. The molecule has 25 heavy (non-hydrogen) atoms. The number of aryl methyl sites for hydroxylation is 1. The zero-order valence-corrected chi connectivity index (χ0v) is 14.9. The number of nitrogens with zero attached hydrogens (tertiary/aromatic N) is 6. The molecule has 9 heteroatoms. The fraction of sp³-hybridized carbons (Fsp3) is 0.500. The third-order valence-corrected chi connectivity index (χ3v) is 4.45. The molecule has 0 bridgehead atoms. The monoisotopic (exact) mass is 360 g/mol. The molecule has 0 amide bonds. The number of nitriles is 1. The molecule has 0 aromatic carbocycles. The van der Waals surface area contributed by atoms with Crippen molar-refractivity contribution >= 4 is 29.1 Å². The van der Waals surface area contributed by atoms with Crippen LogP contribution in [0.1, 0.15) is 12.8 Å². The van der Waals surface area contributed by atoms with Crippen molar-refractivity contribution in [1.29, 1.82) is 5.26 Å². The van der Waals surface area contributed by atoms with Crippen LogP contribution in [0.4, 0.5) is 17.5 Å². The second-order valence-electron chi connectivity index (χ2n) is 6.16. The lowest BCUT2D eigenvalue weighted by Gasteiger charge is -2.15. The van der Waals surface area contributed by atoms with Crippen LogP contribution in [-0.4, -0.2) is 50.8 Å². The van der Waals surface area contributed by atoms with Gasteiger partial charge < -0.3 is 15.5 Å². The number of halogens is 1. The fourth-order valence-electron chi connectivity index (χ4n) is 2.90. The van der Waals surface area contributed by atoms with Crippen LogP contribution in [0.5, 0.6) is 0 Å². The third-order valence-electron chi connectivity index (χ3n) is 4.17. The maximum atomic E-state index is 8.68. The summed E-state index contributed by atoms with van der Waals surface area (Å²) < 4.78 is 1.70. The van der Waals surface area contributed by atoms with E-state index in [2.05, 4.69) is 36.7 Å². The van der Waals surface area contributed by atoms with Crippen LogP contribution in [0.3, 0.4) is 0 Å². The van der Waals surface area contributed by atoms with E-state index in [1.807, 2.05) is 13.2 Å². The highest BCUT2D eigenvalue weighted by Gasteiger charge is 2.22. The van der Waals surface area contributed by atoms with Crippen LogP contribution in [0, 0.1) is 17.2 Å². The van der Waals surface area contributed by atoms with E-state index in [1.54, 1.807) is 17.1 Å². The van der Waals surface area contributed by atoms with Crippen molar-refractivity contribution in [3.05, 3.63) is 23.6 Å². The summed E-state index contributed by atoms with van der Waals surface area (Å²) in [7, 11) is 1.85. The van der Waals surface area contributed by atoms with Gasteiger partial charge in [-0.2, -0.15) is 15.3 Å². The summed E-state index contributed by atoms with van der Waals surface area (Å²) in [6.07, 6.45) is 6.84. The molecule has 0 saturated carbocycles. The minimum Gasteiger partial charge on any atom is -0.368 e. The summed E-state index contributed by atoms with van der Waals surface area (Å²) in [5.74, 6) is 1.62. The van der Waals surface area contributed by atoms with Gasteiger partial charge in [-0.1, -0.05) is 11.6 Å². The normalized spacial score (nSPS) is 17.4. The Labute approximate surface area is 151 Å². The Morgan fingerprint density at radius 1 is 1.44 bits per heavy atom. The number of hydrogen-bond donors (Lipinski definition) is 2. The average Bonchev–Trinajstić information content (AvgIpc) is 3.22. The topological polar surface area (TPSA) is 94.7 Å². The van der Waals surface area contributed by atoms with Gasteiger partial charge in [-0.25, -0.2) is 4.98 Å². The first kappa shape index (κ1) is 17.5. The molecule has 3 heterocycles. The van der Waals surface area contributed by atoms with Gasteiger partial charge in [0.1, 0.15) is 5.02 Å². The molecule has 0 radical (unpaired) electrons. The number of anilines is 3. The van der Waals surface area contributed by atoms with Crippen molar-refractivity contribution in [2.45, 2.75) is 12.8 Å². The standard InChI is InChI=1S/C16H21ClN8/c1-24-11-13(8-21-24)22-16-20-9-14(17)15(23-16)19-7-12-3-6-25(10-12)5-2-4-18/h8-9,11-12H,2-3,5-7,10H2,1H3,(H2,19,20,22,23)/t12-/m1/s1. The van der Waals surface area contributed by atoms with Crippen molar-refractivity contribution in [3.63, 3.8) is 0 Å². The summed E-state index contributed by atoms with van der Waals surface area (Å²) in [4.78, 5) is 11.0. The van der Waals surface area contributed by atoms with Crippen LogP contribution < -0.4 is 10.6 Å². The highest BCUT2D eigenvalue weighted by atomic mass is 35.5. The van der Waals surface area contributed by atoms with Gasteiger partial charge in [-0.15, -0.1) is 0 Å². The summed E-state index contributed by atoms with van der Waals surface area (Å²) in [5, 5.41) is 19.7. The fourth-order valence-corrected chi connectivity index (χ4v) is 3.06. The van der Waals surface area contributed by atoms with Gasteiger partial charge in [-0.3, -0.25) is 4.68 Å². The third kappa shape index (κ3) is 4.81. The van der Waals surface area contributed by atoms with E-state index >= 15 is 0 Å². The Hall–Kier alpha value is -2.37. The number of likely N-dealkylation sites (tertiary alicyclic amines) is 1. The summed E-state index contributed by atoms with van der Waals surface area (Å²) >= 11 is 6.21. The lowest BCUT2D eigenvalue weighted by atomic mass is 10.1. The van der Waals surface area contributed by atoms with Crippen molar-refractivity contribution in [2.24, 2.45) is 13.0 Å².